The van der Waals surface area contributed by atoms with Crippen LogP contribution in [0, 0.1) is 0 Å². The minimum atomic E-state index is -4.46. The molecular formula is C28H37F3N4O. The Bertz CT molecular complexity index is 1030. The summed E-state index contributed by atoms with van der Waals surface area (Å²) in [5.74, 6) is -0.213. The number of carbonyl (C=O) groups excluding carboxylic acids is 1. The van der Waals surface area contributed by atoms with E-state index in [1.807, 2.05) is 31.1 Å². The van der Waals surface area contributed by atoms with Crippen molar-refractivity contribution in [2.45, 2.75) is 57.4 Å². The molecule has 5 nitrogen and oxygen atoms in total. The number of alkyl halides is 3. The van der Waals surface area contributed by atoms with Crippen molar-refractivity contribution >= 4 is 11.6 Å². The number of likely N-dealkylation sites (N-methyl/N-ethyl adjacent to an activating group) is 1. The van der Waals surface area contributed by atoms with Crippen LogP contribution in [0.5, 0.6) is 0 Å². The quantitative estimate of drug-likeness (QED) is 0.523. The number of hydrogen-bond donors (Lipinski definition) is 1. The Morgan fingerprint density at radius 1 is 1.06 bits per heavy atom. The van der Waals surface area contributed by atoms with Gasteiger partial charge in [0.05, 0.1) is 12.1 Å². The molecule has 0 aromatic heterocycles. The van der Waals surface area contributed by atoms with Crippen LogP contribution in [0.3, 0.4) is 0 Å². The molecule has 0 spiro atoms. The van der Waals surface area contributed by atoms with E-state index in [4.69, 9.17) is 0 Å². The minimum absolute atomic E-state index is 0.0460. The largest absolute Gasteiger partial charge is 0.416 e. The van der Waals surface area contributed by atoms with Crippen molar-refractivity contribution in [3.8, 4) is 0 Å². The first-order valence-electron chi connectivity index (χ1n) is 12.9. The normalized spacial score (nSPS) is 16.8. The minimum Gasteiger partial charge on any atom is -0.376 e. The van der Waals surface area contributed by atoms with E-state index in [2.05, 4.69) is 16.3 Å². The molecule has 1 amide bonds. The Balaban J connectivity index is 1.44. The lowest BCUT2D eigenvalue weighted by atomic mass is 9.96. The van der Waals surface area contributed by atoms with Gasteiger partial charge in [0.15, 0.2) is 0 Å². The summed E-state index contributed by atoms with van der Waals surface area (Å²) in [6, 6.07) is 12.4. The van der Waals surface area contributed by atoms with Crippen LogP contribution in [-0.2, 0) is 30.5 Å². The van der Waals surface area contributed by atoms with Gasteiger partial charge in [-0.05, 0) is 62.2 Å². The number of fused-ring (bicyclic) bond motifs is 1. The molecule has 1 saturated carbocycles. The number of anilines is 1. The van der Waals surface area contributed by atoms with Crippen LogP contribution in [0.1, 0.15) is 47.9 Å². The van der Waals surface area contributed by atoms with Crippen LogP contribution in [-0.4, -0.2) is 66.9 Å². The SMILES string of the molecule is CN(C)CCN(Cc1ccccc1C(F)(F)F)C(=O)CNc1cccc2c1CCN(C1CCCC1)C2. The highest BCUT2D eigenvalue weighted by Crippen LogP contribution is 2.33. The zero-order valence-corrected chi connectivity index (χ0v) is 21.3. The molecule has 1 aliphatic heterocycles. The first-order valence-corrected chi connectivity index (χ1v) is 12.9. The molecule has 1 aliphatic carbocycles. The van der Waals surface area contributed by atoms with Gasteiger partial charge < -0.3 is 15.1 Å². The molecule has 8 heteroatoms. The predicted octanol–water partition coefficient (Wildman–Crippen LogP) is 5.01. The van der Waals surface area contributed by atoms with Crippen LogP contribution in [0.25, 0.3) is 0 Å². The Kier molecular flexibility index (Phi) is 8.57. The average Bonchev–Trinajstić information content (AvgIpc) is 3.39. The Hall–Kier alpha value is -2.58. The molecule has 0 unspecified atom stereocenters. The molecule has 2 aromatic carbocycles. The molecule has 196 valence electrons. The van der Waals surface area contributed by atoms with Crippen molar-refractivity contribution in [2.75, 3.05) is 45.6 Å². The fraction of sp³-hybridized carbons (Fsp3) is 0.536. The summed E-state index contributed by atoms with van der Waals surface area (Å²) in [5.41, 5.74) is 2.93. The maximum absolute atomic E-state index is 13.5. The van der Waals surface area contributed by atoms with Gasteiger partial charge in [-0.2, -0.15) is 13.2 Å². The van der Waals surface area contributed by atoms with Crippen molar-refractivity contribution < 1.29 is 18.0 Å². The zero-order chi connectivity index (χ0) is 25.7. The van der Waals surface area contributed by atoms with E-state index in [0.29, 0.717) is 19.1 Å². The maximum Gasteiger partial charge on any atom is 0.416 e. The number of amides is 1. The zero-order valence-electron chi connectivity index (χ0n) is 21.3. The van der Waals surface area contributed by atoms with E-state index in [0.717, 1.165) is 31.3 Å². The van der Waals surface area contributed by atoms with Crippen molar-refractivity contribution in [1.82, 2.24) is 14.7 Å². The summed E-state index contributed by atoms with van der Waals surface area (Å²) in [7, 11) is 3.77. The second-order valence-electron chi connectivity index (χ2n) is 10.2. The van der Waals surface area contributed by atoms with E-state index >= 15 is 0 Å². The molecule has 0 atom stereocenters. The Morgan fingerprint density at radius 2 is 1.81 bits per heavy atom. The molecular weight excluding hydrogens is 465 g/mol. The number of nitrogens with one attached hydrogen (secondary N) is 1. The van der Waals surface area contributed by atoms with Crippen LogP contribution in [0.15, 0.2) is 42.5 Å². The third-order valence-corrected chi connectivity index (χ3v) is 7.42. The van der Waals surface area contributed by atoms with E-state index in [1.54, 1.807) is 6.07 Å². The third-order valence-electron chi connectivity index (χ3n) is 7.42. The molecule has 2 aromatic rings. The summed E-state index contributed by atoms with van der Waals surface area (Å²) in [6.45, 7) is 2.85. The van der Waals surface area contributed by atoms with Crippen LogP contribution >= 0.6 is 0 Å². The Morgan fingerprint density at radius 3 is 2.53 bits per heavy atom. The summed E-state index contributed by atoms with van der Waals surface area (Å²) in [5, 5.41) is 3.31. The molecule has 0 saturated heterocycles. The molecule has 2 aliphatic rings. The lowest BCUT2D eigenvalue weighted by molar-refractivity contribution is -0.139. The van der Waals surface area contributed by atoms with Crippen molar-refractivity contribution in [1.29, 1.82) is 0 Å². The van der Waals surface area contributed by atoms with Gasteiger partial charge in [0, 0.05) is 44.5 Å². The highest BCUT2D eigenvalue weighted by Gasteiger charge is 2.33. The summed E-state index contributed by atoms with van der Waals surface area (Å²) < 4.78 is 40.6. The van der Waals surface area contributed by atoms with E-state index in [9.17, 15) is 18.0 Å². The standard InChI is InChI=1S/C28H37F3N4O/c1-33(2)16-17-35(20-22-8-3-6-12-25(22)28(29,30)31)27(36)18-32-26-13-7-9-21-19-34(15-14-24(21)26)23-10-4-5-11-23/h3,6-9,12-13,23,32H,4-5,10-11,14-20H2,1-2H3. The second kappa shape index (κ2) is 11.6. The number of rotatable bonds is 9. The fourth-order valence-corrected chi connectivity index (χ4v) is 5.41. The summed E-state index contributed by atoms with van der Waals surface area (Å²) in [6.07, 6.45) is 1.67. The van der Waals surface area contributed by atoms with Gasteiger partial charge in [-0.15, -0.1) is 0 Å². The topological polar surface area (TPSA) is 38.8 Å². The van der Waals surface area contributed by atoms with Crippen molar-refractivity contribution in [3.05, 3.63) is 64.7 Å². The summed E-state index contributed by atoms with van der Waals surface area (Å²) in [4.78, 5) is 19.3. The number of benzene rings is 2. The number of carbonyl (C=O) groups is 1. The lowest BCUT2D eigenvalue weighted by Gasteiger charge is -2.34. The maximum atomic E-state index is 13.5. The molecule has 1 N–H and O–H groups in total. The van der Waals surface area contributed by atoms with Crippen LogP contribution in [0.2, 0.25) is 0 Å². The smallest absolute Gasteiger partial charge is 0.376 e. The van der Waals surface area contributed by atoms with Gasteiger partial charge in [-0.1, -0.05) is 43.2 Å². The highest BCUT2D eigenvalue weighted by molar-refractivity contribution is 5.81. The molecule has 0 bridgehead atoms. The van der Waals surface area contributed by atoms with E-state index in [-0.39, 0.29) is 24.6 Å². The molecule has 4 rings (SSSR count). The summed E-state index contributed by atoms with van der Waals surface area (Å²) >= 11 is 0. The molecule has 1 heterocycles. The second-order valence-corrected chi connectivity index (χ2v) is 10.2. The fourth-order valence-electron chi connectivity index (χ4n) is 5.41. The first-order chi connectivity index (χ1) is 17.2. The van der Waals surface area contributed by atoms with Gasteiger partial charge in [0.2, 0.25) is 5.91 Å². The first kappa shape index (κ1) is 26.5. The van der Waals surface area contributed by atoms with Gasteiger partial charge in [-0.25, -0.2) is 0 Å². The van der Waals surface area contributed by atoms with Crippen molar-refractivity contribution in [3.63, 3.8) is 0 Å². The van der Waals surface area contributed by atoms with E-state index < -0.39 is 11.7 Å². The van der Waals surface area contributed by atoms with Crippen molar-refractivity contribution in [2.24, 2.45) is 0 Å². The number of nitrogens with zero attached hydrogens (tertiary/aromatic N) is 3. The average molecular weight is 503 g/mol. The monoisotopic (exact) mass is 502 g/mol. The molecule has 0 radical (unpaired) electrons. The van der Waals surface area contributed by atoms with Gasteiger partial charge in [0.25, 0.3) is 0 Å². The van der Waals surface area contributed by atoms with Gasteiger partial charge in [-0.3, -0.25) is 9.69 Å². The lowest BCUT2D eigenvalue weighted by Crippen LogP contribution is -2.40. The van der Waals surface area contributed by atoms with Gasteiger partial charge in [0.1, 0.15) is 0 Å². The van der Waals surface area contributed by atoms with Crippen LogP contribution < -0.4 is 5.32 Å². The van der Waals surface area contributed by atoms with Gasteiger partial charge >= 0.3 is 6.18 Å². The Labute approximate surface area is 212 Å². The van der Waals surface area contributed by atoms with E-state index in [1.165, 1.54) is 53.8 Å². The van der Waals surface area contributed by atoms with Crippen LogP contribution in [0.4, 0.5) is 18.9 Å². The number of hydrogen-bond acceptors (Lipinski definition) is 4. The third kappa shape index (κ3) is 6.59. The highest BCUT2D eigenvalue weighted by atomic mass is 19.4. The molecule has 1 fully saturated rings. The predicted molar refractivity (Wildman–Crippen MR) is 137 cm³/mol. The molecule has 36 heavy (non-hydrogen) atoms. The number of halogens is 3.